The van der Waals surface area contributed by atoms with Crippen LogP contribution in [0.2, 0.25) is 0 Å². The summed E-state index contributed by atoms with van der Waals surface area (Å²) in [5.41, 5.74) is 4.78. The van der Waals surface area contributed by atoms with Crippen LogP contribution in [-0.2, 0) is 9.59 Å². The molecule has 66 valence electrons. The zero-order valence-corrected chi connectivity index (χ0v) is 6.80. The fourth-order valence-corrected chi connectivity index (χ4v) is 2.07. The van der Waals surface area contributed by atoms with E-state index in [4.69, 9.17) is 0 Å². The lowest BCUT2D eigenvalue weighted by Gasteiger charge is -2.33. The second-order valence-electron chi connectivity index (χ2n) is 3.48. The summed E-state index contributed by atoms with van der Waals surface area (Å²) >= 11 is 0. The molecule has 12 heavy (non-hydrogen) atoms. The van der Waals surface area contributed by atoms with Gasteiger partial charge in [-0.3, -0.25) is 20.4 Å². The quantitative estimate of drug-likeness (QED) is 0.533. The highest BCUT2D eigenvalue weighted by Crippen LogP contribution is 2.31. The van der Waals surface area contributed by atoms with Gasteiger partial charge in [0.25, 0.3) is 0 Å². The zero-order chi connectivity index (χ0) is 8.55. The van der Waals surface area contributed by atoms with Crippen molar-refractivity contribution in [3.63, 3.8) is 0 Å². The molecule has 1 saturated carbocycles. The summed E-state index contributed by atoms with van der Waals surface area (Å²) in [4.78, 5) is 22.5. The number of rotatable bonds is 0. The molecular formula is C8H12N2O2. The average Bonchev–Trinajstić information content (AvgIpc) is 2.12. The van der Waals surface area contributed by atoms with Crippen LogP contribution in [0.3, 0.4) is 0 Å². The second-order valence-corrected chi connectivity index (χ2v) is 3.48. The number of nitrogens with one attached hydrogen (secondary N) is 2. The van der Waals surface area contributed by atoms with E-state index in [1.807, 2.05) is 0 Å². The maximum atomic E-state index is 11.2. The number of carbonyl (C=O) groups excluding carboxylic acids is 2. The molecule has 1 aliphatic carbocycles. The van der Waals surface area contributed by atoms with Crippen molar-refractivity contribution in [2.45, 2.75) is 25.7 Å². The third-order valence-corrected chi connectivity index (χ3v) is 2.75. The Labute approximate surface area is 70.7 Å². The molecule has 4 nitrogen and oxygen atoms in total. The molecule has 1 heterocycles. The molecule has 2 amide bonds. The lowest BCUT2D eigenvalue weighted by Crippen LogP contribution is -2.56. The molecule has 0 bridgehead atoms. The first kappa shape index (κ1) is 7.58. The number of hydrogen-bond donors (Lipinski definition) is 2. The van der Waals surface area contributed by atoms with Gasteiger partial charge in [0.05, 0.1) is 11.8 Å². The van der Waals surface area contributed by atoms with Gasteiger partial charge in [0.15, 0.2) is 0 Å². The van der Waals surface area contributed by atoms with E-state index in [0.717, 1.165) is 25.7 Å². The van der Waals surface area contributed by atoms with Gasteiger partial charge in [0.1, 0.15) is 0 Å². The normalized spacial score (nSPS) is 35.0. The van der Waals surface area contributed by atoms with Gasteiger partial charge in [-0.1, -0.05) is 12.8 Å². The lowest BCUT2D eigenvalue weighted by atomic mass is 9.77. The van der Waals surface area contributed by atoms with Crippen LogP contribution in [0.4, 0.5) is 0 Å². The monoisotopic (exact) mass is 168 g/mol. The van der Waals surface area contributed by atoms with E-state index in [-0.39, 0.29) is 23.7 Å². The smallest absolute Gasteiger partial charge is 0.242 e. The third-order valence-electron chi connectivity index (χ3n) is 2.75. The topological polar surface area (TPSA) is 58.2 Å². The number of hydrazine groups is 1. The van der Waals surface area contributed by atoms with Crippen molar-refractivity contribution in [1.29, 1.82) is 0 Å². The minimum absolute atomic E-state index is 0.0145. The highest BCUT2D eigenvalue weighted by molar-refractivity contribution is 5.92. The molecule has 2 atom stereocenters. The van der Waals surface area contributed by atoms with E-state index >= 15 is 0 Å². The standard InChI is InChI=1S/C8H12N2O2/c11-7-5-3-1-2-4-6(5)8(12)10-9-7/h5-6H,1-4H2,(H,9,11)(H,10,12). The van der Waals surface area contributed by atoms with E-state index in [0.29, 0.717) is 0 Å². The zero-order valence-electron chi connectivity index (χ0n) is 6.80. The molecule has 2 rings (SSSR count). The van der Waals surface area contributed by atoms with E-state index < -0.39 is 0 Å². The maximum absolute atomic E-state index is 11.2. The summed E-state index contributed by atoms with van der Waals surface area (Å²) in [7, 11) is 0. The molecule has 0 aromatic heterocycles. The molecule has 2 unspecified atom stereocenters. The first-order valence-electron chi connectivity index (χ1n) is 4.39. The Hall–Kier alpha value is -1.06. The summed E-state index contributed by atoms with van der Waals surface area (Å²) in [6, 6.07) is 0. The van der Waals surface area contributed by atoms with Crippen LogP contribution in [0.15, 0.2) is 0 Å². The van der Waals surface area contributed by atoms with Crippen molar-refractivity contribution >= 4 is 11.8 Å². The van der Waals surface area contributed by atoms with Gasteiger partial charge in [-0.15, -0.1) is 0 Å². The Balaban J connectivity index is 2.16. The Morgan fingerprint density at radius 2 is 1.33 bits per heavy atom. The Bertz CT molecular complexity index is 203. The van der Waals surface area contributed by atoms with Crippen molar-refractivity contribution in [1.82, 2.24) is 10.9 Å². The summed E-state index contributed by atoms with van der Waals surface area (Å²) < 4.78 is 0. The number of hydrogen-bond acceptors (Lipinski definition) is 2. The van der Waals surface area contributed by atoms with Crippen molar-refractivity contribution < 1.29 is 9.59 Å². The van der Waals surface area contributed by atoms with Crippen LogP contribution < -0.4 is 10.9 Å². The molecule has 0 radical (unpaired) electrons. The first-order valence-corrected chi connectivity index (χ1v) is 4.39. The highest BCUT2D eigenvalue weighted by Gasteiger charge is 2.39. The van der Waals surface area contributed by atoms with E-state index in [1.54, 1.807) is 0 Å². The van der Waals surface area contributed by atoms with Crippen molar-refractivity contribution in [3.05, 3.63) is 0 Å². The fourth-order valence-electron chi connectivity index (χ4n) is 2.07. The Morgan fingerprint density at radius 3 is 1.75 bits per heavy atom. The van der Waals surface area contributed by atoms with Crippen LogP contribution in [0.1, 0.15) is 25.7 Å². The molecule has 0 aromatic carbocycles. The summed E-state index contributed by atoms with van der Waals surface area (Å²) in [5.74, 6) is -0.154. The largest absolute Gasteiger partial charge is 0.273 e. The van der Waals surface area contributed by atoms with Gasteiger partial charge in [-0.25, -0.2) is 0 Å². The van der Waals surface area contributed by atoms with Gasteiger partial charge >= 0.3 is 0 Å². The average molecular weight is 168 g/mol. The number of amides is 2. The SMILES string of the molecule is O=C1NNC(=O)C2CCCCC12. The van der Waals surface area contributed by atoms with E-state index in [2.05, 4.69) is 10.9 Å². The van der Waals surface area contributed by atoms with Crippen LogP contribution in [0, 0.1) is 11.8 Å². The van der Waals surface area contributed by atoms with Crippen LogP contribution >= 0.6 is 0 Å². The molecular weight excluding hydrogens is 156 g/mol. The van der Waals surface area contributed by atoms with Crippen LogP contribution in [-0.4, -0.2) is 11.8 Å². The molecule has 2 aliphatic rings. The summed E-state index contributed by atoms with van der Waals surface area (Å²) in [6.45, 7) is 0. The second kappa shape index (κ2) is 2.77. The number of carbonyl (C=O) groups is 2. The molecule has 4 heteroatoms. The van der Waals surface area contributed by atoms with Gasteiger partial charge in [0, 0.05) is 0 Å². The van der Waals surface area contributed by atoms with Gasteiger partial charge in [-0.2, -0.15) is 0 Å². The predicted octanol–water partition coefficient (Wildman–Crippen LogP) is -0.0462. The van der Waals surface area contributed by atoms with E-state index in [9.17, 15) is 9.59 Å². The molecule has 1 aliphatic heterocycles. The minimum atomic E-state index is -0.0625. The lowest BCUT2D eigenvalue weighted by molar-refractivity contribution is -0.144. The van der Waals surface area contributed by atoms with Crippen molar-refractivity contribution in [2.24, 2.45) is 11.8 Å². The van der Waals surface area contributed by atoms with Crippen LogP contribution in [0.25, 0.3) is 0 Å². The fraction of sp³-hybridized carbons (Fsp3) is 0.750. The molecule has 0 aromatic rings. The van der Waals surface area contributed by atoms with Gasteiger partial charge in [-0.05, 0) is 12.8 Å². The summed E-state index contributed by atoms with van der Waals surface area (Å²) in [5, 5.41) is 0. The predicted molar refractivity (Wildman–Crippen MR) is 41.7 cm³/mol. The molecule has 2 fully saturated rings. The van der Waals surface area contributed by atoms with Gasteiger partial charge < -0.3 is 0 Å². The number of fused-ring (bicyclic) bond motifs is 1. The highest BCUT2D eigenvalue weighted by atomic mass is 16.2. The first-order chi connectivity index (χ1) is 5.79. The molecule has 2 N–H and O–H groups in total. The van der Waals surface area contributed by atoms with E-state index in [1.165, 1.54) is 0 Å². The van der Waals surface area contributed by atoms with Gasteiger partial charge in [0.2, 0.25) is 11.8 Å². The minimum Gasteiger partial charge on any atom is -0.273 e. The van der Waals surface area contributed by atoms with Crippen molar-refractivity contribution in [3.8, 4) is 0 Å². The molecule has 1 saturated heterocycles. The van der Waals surface area contributed by atoms with Crippen LogP contribution in [0.5, 0.6) is 0 Å². The molecule has 0 spiro atoms. The Morgan fingerprint density at radius 1 is 0.917 bits per heavy atom. The third kappa shape index (κ3) is 1.07. The maximum Gasteiger partial charge on any atom is 0.242 e. The summed E-state index contributed by atoms with van der Waals surface area (Å²) in [6.07, 6.45) is 3.87. The van der Waals surface area contributed by atoms with Crippen molar-refractivity contribution in [2.75, 3.05) is 0 Å². The Kier molecular flexibility index (Phi) is 1.75.